The lowest BCUT2D eigenvalue weighted by Gasteiger charge is -2.25. The van der Waals surface area contributed by atoms with Crippen molar-refractivity contribution in [2.24, 2.45) is 0 Å². The van der Waals surface area contributed by atoms with Gasteiger partial charge in [-0.25, -0.2) is 4.79 Å². The molecule has 0 saturated carbocycles. The molecule has 0 aromatic heterocycles. The van der Waals surface area contributed by atoms with Gasteiger partial charge in [-0.05, 0) is 0 Å². The van der Waals surface area contributed by atoms with Gasteiger partial charge in [-0.2, -0.15) is 0 Å². The van der Waals surface area contributed by atoms with Crippen molar-refractivity contribution in [1.82, 2.24) is 5.32 Å². The van der Waals surface area contributed by atoms with Crippen LogP contribution in [0.25, 0.3) is 0 Å². The van der Waals surface area contributed by atoms with Crippen molar-refractivity contribution < 1.29 is 23.8 Å². The van der Waals surface area contributed by atoms with E-state index in [1.165, 1.54) is 0 Å². The average molecular weight is 217 g/mol. The Hall–Kier alpha value is -1.14. The highest BCUT2D eigenvalue weighted by Gasteiger charge is 2.35. The maximum atomic E-state index is 11.1. The summed E-state index contributed by atoms with van der Waals surface area (Å²) in [6.07, 6.45) is 0.699. The molecule has 0 spiro atoms. The van der Waals surface area contributed by atoms with Gasteiger partial charge in [0.15, 0.2) is 0 Å². The van der Waals surface area contributed by atoms with E-state index in [2.05, 4.69) is 10.1 Å². The van der Waals surface area contributed by atoms with E-state index in [4.69, 9.17) is 9.47 Å². The van der Waals surface area contributed by atoms with Crippen LogP contribution in [0.5, 0.6) is 0 Å². The van der Waals surface area contributed by atoms with Crippen LogP contribution in [0.3, 0.4) is 0 Å². The lowest BCUT2D eigenvalue weighted by molar-refractivity contribution is -0.153. The molecule has 6 nitrogen and oxygen atoms in total. The van der Waals surface area contributed by atoms with Crippen LogP contribution in [0.4, 0.5) is 0 Å². The van der Waals surface area contributed by atoms with Gasteiger partial charge in [0, 0.05) is 26.7 Å². The molecule has 1 heterocycles. The molecule has 6 heteroatoms. The molecule has 0 aromatic carbocycles. The van der Waals surface area contributed by atoms with E-state index in [0.717, 1.165) is 7.11 Å². The van der Waals surface area contributed by atoms with Gasteiger partial charge in [-0.3, -0.25) is 4.79 Å². The Bertz CT molecular complexity index is 247. The molecule has 86 valence electrons. The second kappa shape index (κ2) is 5.09. The summed E-state index contributed by atoms with van der Waals surface area (Å²) in [5.74, 6) is -1.67. The summed E-state index contributed by atoms with van der Waals surface area (Å²) in [6.45, 7) is 1.27. The Balaban J connectivity index is 2.41. The van der Waals surface area contributed by atoms with Gasteiger partial charge in [0.2, 0.25) is 0 Å². The summed E-state index contributed by atoms with van der Waals surface area (Å²) in [5.41, 5.74) is -0.510. The first-order chi connectivity index (χ1) is 7.13. The maximum absolute atomic E-state index is 11.1. The van der Waals surface area contributed by atoms with E-state index < -0.39 is 17.5 Å². The molecule has 1 saturated heterocycles. The van der Waals surface area contributed by atoms with Gasteiger partial charge in [-0.15, -0.1) is 0 Å². The van der Waals surface area contributed by atoms with Crippen molar-refractivity contribution in [2.45, 2.75) is 12.0 Å². The van der Waals surface area contributed by atoms with Gasteiger partial charge >= 0.3 is 11.9 Å². The largest absolute Gasteiger partial charge is 0.462 e. The number of carbonyl (C=O) groups excluding carboxylic acids is 2. The van der Waals surface area contributed by atoms with Gasteiger partial charge in [0.25, 0.3) is 0 Å². The summed E-state index contributed by atoms with van der Waals surface area (Å²) in [7, 11) is 2.71. The van der Waals surface area contributed by atoms with E-state index in [-0.39, 0.29) is 6.54 Å². The third-order valence-corrected chi connectivity index (χ3v) is 2.44. The number of carbonyl (C=O) groups is 2. The SMILES string of the molecule is COC(=O)C(=O)NCC1(OC)CCOC1. The number of hydrogen-bond acceptors (Lipinski definition) is 5. The molecule has 0 aliphatic carbocycles. The molecule has 0 radical (unpaired) electrons. The van der Waals surface area contributed by atoms with Crippen molar-refractivity contribution in [3.05, 3.63) is 0 Å². The number of amides is 1. The Morgan fingerprint density at radius 1 is 1.47 bits per heavy atom. The number of esters is 1. The molecule has 0 aromatic rings. The first kappa shape index (κ1) is 11.9. The topological polar surface area (TPSA) is 73.9 Å². The lowest BCUT2D eigenvalue weighted by atomic mass is 10.0. The smallest absolute Gasteiger partial charge is 0.396 e. The molecule has 1 rings (SSSR count). The molecule has 1 fully saturated rings. The third-order valence-electron chi connectivity index (χ3n) is 2.44. The van der Waals surface area contributed by atoms with Gasteiger partial charge in [0.1, 0.15) is 5.60 Å². The summed E-state index contributed by atoms with van der Waals surface area (Å²) >= 11 is 0. The van der Waals surface area contributed by atoms with Crippen molar-refractivity contribution in [2.75, 3.05) is 34.0 Å². The minimum atomic E-state index is -0.903. The second-order valence-electron chi connectivity index (χ2n) is 3.36. The fourth-order valence-corrected chi connectivity index (χ4v) is 1.37. The van der Waals surface area contributed by atoms with Crippen molar-refractivity contribution >= 4 is 11.9 Å². The zero-order chi connectivity index (χ0) is 11.3. The highest BCUT2D eigenvalue weighted by Crippen LogP contribution is 2.21. The van der Waals surface area contributed by atoms with Crippen LogP contribution in [-0.2, 0) is 23.8 Å². The Kier molecular flexibility index (Phi) is 4.05. The van der Waals surface area contributed by atoms with E-state index in [0.29, 0.717) is 19.6 Å². The molecular weight excluding hydrogens is 202 g/mol. The molecule has 1 amide bonds. The second-order valence-corrected chi connectivity index (χ2v) is 3.36. The average Bonchev–Trinajstić information content (AvgIpc) is 2.74. The summed E-state index contributed by atoms with van der Waals surface area (Å²) in [6, 6.07) is 0. The van der Waals surface area contributed by atoms with Crippen molar-refractivity contribution in [3.63, 3.8) is 0 Å². The number of rotatable bonds is 3. The summed E-state index contributed by atoms with van der Waals surface area (Å²) in [4.78, 5) is 21.9. The van der Waals surface area contributed by atoms with E-state index in [1.54, 1.807) is 7.11 Å². The first-order valence-electron chi connectivity index (χ1n) is 4.62. The van der Waals surface area contributed by atoms with Crippen LogP contribution in [-0.4, -0.2) is 51.5 Å². The Morgan fingerprint density at radius 2 is 2.20 bits per heavy atom. The highest BCUT2D eigenvalue weighted by atomic mass is 16.6. The monoisotopic (exact) mass is 217 g/mol. The highest BCUT2D eigenvalue weighted by molar-refractivity contribution is 6.32. The minimum absolute atomic E-state index is 0.247. The molecule has 1 atom stereocenters. The fraction of sp³-hybridized carbons (Fsp3) is 0.778. The van der Waals surface area contributed by atoms with Crippen LogP contribution in [0.15, 0.2) is 0 Å². The zero-order valence-electron chi connectivity index (χ0n) is 8.87. The summed E-state index contributed by atoms with van der Waals surface area (Å²) < 4.78 is 14.7. The van der Waals surface area contributed by atoms with Crippen molar-refractivity contribution in [1.29, 1.82) is 0 Å². The Labute approximate surface area is 87.9 Å². The molecule has 1 aliphatic heterocycles. The molecular formula is C9H15NO5. The fourth-order valence-electron chi connectivity index (χ4n) is 1.37. The predicted molar refractivity (Wildman–Crippen MR) is 50.2 cm³/mol. The first-order valence-corrected chi connectivity index (χ1v) is 4.62. The minimum Gasteiger partial charge on any atom is -0.462 e. The van der Waals surface area contributed by atoms with E-state index in [1.807, 2.05) is 0 Å². The lowest BCUT2D eigenvalue weighted by Crippen LogP contribution is -2.46. The Morgan fingerprint density at radius 3 is 2.67 bits per heavy atom. The molecule has 1 unspecified atom stereocenters. The van der Waals surface area contributed by atoms with Crippen LogP contribution in [0.2, 0.25) is 0 Å². The van der Waals surface area contributed by atoms with Crippen LogP contribution in [0, 0.1) is 0 Å². The van der Waals surface area contributed by atoms with Gasteiger partial charge < -0.3 is 19.5 Å². The van der Waals surface area contributed by atoms with Crippen molar-refractivity contribution in [3.8, 4) is 0 Å². The number of nitrogens with one attached hydrogen (secondary N) is 1. The predicted octanol–water partition coefficient (Wildman–Crippen LogP) is -0.919. The van der Waals surface area contributed by atoms with Crippen LogP contribution in [0.1, 0.15) is 6.42 Å². The quantitative estimate of drug-likeness (QED) is 0.489. The van der Waals surface area contributed by atoms with E-state index in [9.17, 15) is 9.59 Å². The van der Waals surface area contributed by atoms with Gasteiger partial charge in [0.05, 0.1) is 13.7 Å². The van der Waals surface area contributed by atoms with E-state index >= 15 is 0 Å². The normalized spacial score (nSPS) is 24.9. The third kappa shape index (κ3) is 2.90. The molecule has 15 heavy (non-hydrogen) atoms. The standard InChI is InChI=1S/C9H15NO5/c1-13-8(12)7(11)10-5-9(14-2)3-4-15-6-9/h3-6H2,1-2H3,(H,10,11). The number of ether oxygens (including phenoxy) is 3. The summed E-state index contributed by atoms with van der Waals surface area (Å²) in [5, 5.41) is 2.45. The molecule has 1 N–H and O–H groups in total. The number of hydrogen-bond donors (Lipinski definition) is 1. The number of methoxy groups -OCH3 is 2. The van der Waals surface area contributed by atoms with Crippen LogP contribution < -0.4 is 5.32 Å². The molecule has 0 bridgehead atoms. The zero-order valence-corrected chi connectivity index (χ0v) is 8.87. The maximum Gasteiger partial charge on any atom is 0.396 e. The van der Waals surface area contributed by atoms with Gasteiger partial charge in [-0.1, -0.05) is 0 Å². The van der Waals surface area contributed by atoms with Crippen LogP contribution >= 0.6 is 0 Å². The molecule has 1 aliphatic rings.